The van der Waals surface area contributed by atoms with Gasteiger partial charge in [0.1, 0.15) is 0 Å². The first-order valence-electron chi connectivity index (χ1n) is 4.87. The first-order chi connectivity index (χ1) is 5.12. The summed E-state index contributed by atoms with van der Waals surface area (Å²) in [6.07, 6.45) is 7.33. The van der Waals surface area contributed by atoms with Crippen molar-refractivity contribution in [3.05, 3.63) is 5.73 Å². The maximum Gasteiger partial charge on any atom is 1.00 e. The minimum atomic E-state index is -0.0492. The molecule has 0 aliphatic heterocycles. The van der Waals surface area contributed by atoms with Crippen LogP contribution in [0.25, 0.3) is 5.73 Å². The van der Waals surface area contributed by atoms with Gasteiger partial charge in [0.15, 0.2) is 0 Å². The first-order valence-corrected chi connectivity index (χ1v) is 4.87. The molecule has 1 fully saturated rings. The van der Waals surface area contributed by atoms with Gasteiger partial charge < -0.3 is 5.73 Å². The normalized spacial score (nSPS) is 22.0. The number of rotatable bonds is 2. The molecule has 1 N–H and O–H groups in total. The second-order valence-electron chi connectivity index (χ2n) is 4.44. The molecule has 0 heterocycles. The summed E-state index contributed by atoms with van der Waals surface area (Å²) in [7, 11) is 0. The second kappa shape index (κ2) is 5.32. The van der Waals surface area contributed by atoms with E-state index in [4.69, 9.17) is 5.73 Å². The van der Waals surface area contributed by atoms with Crippen molar-refractivity contribution in [3.63, 3.8) is 0 Å². The zero-order valence-corrected chi connectivity index (χ0v) is 8.82. The van der Waals surface area contributed by atoms with Crippen LogP contribution < -0.4 is 18.9 Å². The Labute approximate surface area is 88.7 Å². The Bertz CT molecular complexity index is 117. The molecule has 12 heavy (non-hydrogen) atoms. The van der Waals surface area contributed by atoms with Crippen LogP contribution in [0.2, 0.25) is 0 Å². The average Bonchev–Trinajstić information content (AvgIpc) is 1.85. The molecular formula is C10H20LiN. The summed E-state index contributed by atoms with van der Waals surface area (Å²) >= 11 is 0. The largest absolute Gasteiger partial charge is 1.00 e. The minimum absolute atomic E-state index is 0. The Kier molecular flexibility index (Phi) is 5.57. The van der Waals surface area contributed by atoms with Crippen LogP contribution in [0.4, 0.5) is 0 Å². The van der Waals surface area contributed by atoms with Crippen molar-refractivity contribution in [2.75, 3.05) is 0 Å². The predicted molar refractivity (Wildman–Crippen MR) is 49.6 cm³/mol. The summed E-state index contributed by atoms with van der Waals surface area (Å²) in [6, 6.07) is 0. The second-order valence-corrected chi connectivity index (χ2v) is 4.44. The van der Waals surface area contributed by atoms with Crippen molar-refractivity contribution >= 4 is 0 Å². The maximum absolute atomic E-state index is 8.15. The van der Waals surface area contributed by atoms with Crippen molar-refractivity contribution < 1.29 is 18.9 Å². The van der Waals surface area contributed by atoms with Gasteiger partial charge in [0.25, 0.3) is 0 Å². The smallest absolute Gasteiger partial charge is 0.672 e. The van der Waals surface area contributed by atoms with E-state index in [2.05, 4.69) is 13.8 Å². The van der Waals surface area contributed by atoms with Crippen LogP contribution in [0, 0.1) is 5.92 Å². The fraction of sp³-hybridized carbons (Fsp3) is 1.00. The van der Waals surface area contributed by atoms with E-state index in [1.165, 1.54) is 19.3 Å². The summed E-state index contributed by atoms with van der Waals surface area (Å²) in [5.41, 5.74) is 8.10. The molecule has 2 heteroatoms. The molecule has 0 unspecified atom stereocenters. The van der Waals surface area contributed by atoms with Crippen molar-refractivity contribution in [2.45, 2.75) is 57.9 Å². The molecule has 1 rings (SSSR count). The summed E-state index contributed by atoms with van der Waals surface area (Å²) in [5, 5.41) is 0. The third-order valence-electron chi connectivity index (χ3n) is 2.61. The van der Waals surface area contributed by atoms with E-state index in [1.807, 2.05) is 0 Å². The Morgan fingerprint density at radius 2 is 1.67 bits per heavy atom. The predicted octanol–water partition coefficient (Wildman–Crippen LogP) is 0.792. The zero-order chi connectivity index (χ0) is 8.32. The average molecular weight is 161 g/mol. The van der Waals surface area contributed by atoms with E-state index in [9.17, 15) is 0 Å². The van der Waals surface area contributed by atoms with Crippen LogP contribution in [-0.4, -0.2) is 5.54 Å². The van der Waals surface area contributed by atoms with Crippen molar-refractivity contribution in [2.24, 2.45) is 5.92 Å². The summed E-state index contributed by atoms with van der Waals surface area (Å²) < 4.78 is 0. The van der Waals surface area contributed by atoms with Crippen molar-refractivity contribution in [3.8, 4) is 0 Å². The van der Waals surface area contributed by atoms with E-state index in [0.29, 0.717) is 5.92 Å². The molecule has 0 aromatic rings. The van der Waals surface area contributed by atoms with Gasteiger partial charge in [0.05, 0.1) is 0 Å². The molecule has 66 valence electrons. The van der Waals surface area contributed by atoms with Crippen molar-refractivity contribution in [1.29, 1.82) is 0 Å². The molecule has 1 aliphatic carbocycles. The number of nitrogens with one attached hydrogen (secondary N) is 1. The van der Waals surface area contributed by atoms with Gasteiger partial charge >= 0.3 is 18.9 Å². The third kappa shape index (κ3) is 3.98. The topological polar surface area (TPSA) is 23.8 Å². The van der Waals surface area contributed by atoms with Gasteiger partial charge in [0.2, 0.25) is 0 Å². The van der Waals surface area contributed by atoms with Gasteiger partial charge in [-0.3, -0.25) is 0 Å². The van der Waals surface area contributed by atoms with Crippen molar-refractivity contribution in [1.82, 2.24) is 0 Å². The van der Waals surface area contributed by atoms with Gasteiger partial charge in [-0.1, -0.05) is 52.4 Å². The number of hydrogen-bond donors (Lipinski definition) is 0. The van der Waals surface area contributed by atoms with Crippen LogP contribution in [-0.2, 0) is 0 Å². The molecular weight excluding hydrogens is 141 g/mol. The molecule has 1 nitrogen and oxygen atoms in total. The van der Waals surface area contributed by atoms with E-state index >= 15 is 0 Å². The molecule has 1 aliphatic rings. The van der Waals surface area contributed by atoms with Crippen LogP contribution in [0.5, 0.6) is 0 Å². The zero-order valence-electron chi connectivity index (χ0n) is 8.82. The molecule has 1 saturated carbocycles. The van der Waals surface area contributed by atoms with Crippen LogP contribution in [0.1, 0.15) is 52.4 Å². The third-order valence-corrected chi connectivity index (χ3v) is 2.61. The minimum Gasteiger partial charge on any atom is -0.672 e. The number of hydrogen-bond acceptors (Lipinski definition) is 0. The van der Waals surface area contributed by atoms with E-state index in [-0.39, 0.29) is 24.4 Å². The maximum atomic E-state index is 8.15. The molecule has 0 aromatic carbocycles. The van der Waals surface area contributed by atoms with Gasteiger partial charge in [-0.15, -0.1) is 5.54 Å². The van der Waals surface area contributed by atoms with E-state index < -0.39 is 0 Å². The summed E-state index contributed by atoms with van der Waals surface area (Å²) in [5.74, 6) is 0.700. The molecule has 0 bridgehead atoms. The first kappa shape index (κ1) is 12.6. The van der Waals surface area contributed by atoms with Gasteiger partial charge in [0, 0.05) is 0 Å². The fourth-order valence-electron chi connectivity index (χ4n) is 2.21. The molecule has 0 amide bonds. The molecule has 0 atom stereocenters. The Balaban J connectivity index is 0.00000121. The van der Waals surface area contributed by atoms with E-state index in [1.54, 1.807) is 0 Å². The van der Waals surface area contributed by atoms with E-state index in [0.717, 1.165) is 19.3 Å². The molecule has 0 aromatic heterocycles. The molecule has 0 radical (unpaired) electrons. The summed E-state index contributed by atoms with van der Waals surface area (Å²) in [6.45, 7) is 4.45. The van der Waals surface area contributed by atoms with Crippen LogP contribution in [0.3, 0.4) is 0 Å². The van der Waals surface area contributed by atoms with Gasteiger partial charge in [-0.2, -0.15) is 0 Å². The SMILES string of the molecule is CC(C)CC1([NH-])CCCCC1.[Li+]. The Morgan fingerprint density at radius 1 is 1.17 bits per heavy atom. The molecule has 0 spiro atoms. The Hall–Kier alpha value is 0.557. The fourth-order valence-corrected chi connectivity index (χ4v) is 2.21. The van der Waals surface area contributed by atoms with Crippen LogP contribution in [0.15, 0.2) is 0 Å². The van der Waals surface area contributed by atoms with Gasteiger partial charge in [-0.05, 0) is 5.92 Å². The molecule has 0 saturated heterocycles. The van der Waals surface area contributed by atoms with Crippen LogP contribution >= 0.6 is 0 Å². The Morgan fingerprint density at radius 3 is 2.08 bits per heavy atom. The monoisotopic (exact) mass is 161 g/mol. The standard InChI is InChI=1S/C10H20N.Li/c1-9(2)8-10(11)6-4-3-5-7-10;/h9,11H,3-8H2,1-2H3;/q-1;+1. The van der Waals surface area contributed by atoms with Gasteiger partial charge in [-0.25, -0.2) is 0 Å². The quantitative estimate of drug-likeness (QED) is 0.535. The summed E-state index contributed by atoms with van der Waals surface area (Å²) in [4.78, 5) is 0.